The Morgan fingerprint density at radius 1 is 1.09 bits per heavy atom. The van der Waals surface area contributed by atoms with E-state index in [9.17, 15) is 14.4 Å². The van der Waals surface area contributed by atoms with Crippen molar-refractivity contribution in [1.29, 1.82) is 0 Å². The molecule has 2 aromatic carbocycles. The Hall–Kier alpha value is -3.30. The molecule has 2 aromatic rings. The molecule has 1 aliphatic heterocycles. The Balaban J connectivity index is 0.000000440. The molecule has 1 amide bonds. The molecular formula is C25H30N2O6S. The zero-order chi connectivity index (χ0) is 25.1. The van der Waals surface area contributed by atoms with Crippen molar-refractivity contribution in [2.24, 2.45) is 0 Å². The summed E-state index contributed by atoms with van der Waals surface area (Å²) >= 11 is 1.77. The van der Waals surface area contributed by atoms with Gasteiger partial charge in [-0.25, -0.2) is 9.59 Å². The molecule has 8 nitrogen and oxygen atoms in total. The lowest BCUT2D eigenvalue weighted by atomic mass is 9.99. The summed E-state index contributed by atoms with van der Waals surface area (Å²) in [4.78, 5) is 37.8. The number of carbonyl (C=O) groups is 3. The minimum atomic E-state index is -1.26. The number of benzene rings is 2. The van der Waals surface area contributed by atoms with E-state index in [4.69, 9.17) is 14.9 Å². The zero-order valence-corrected chi connectivity index (χ0v) is 20.3. The molecule has 1 aliphatic rings. The second-order valence-corrected chi connectivity index (χ2v) is 8.82. The zero-order valence-electron chi connectivity index (χ0n) is 19.5. The highest BCUT2D eigenvalue weighted by atomic mass is 32.2. The molecule has 0 fully saturated rings. The summed E-state index contributed by atoms with van der Waals surface area (Å²) in [5, 5.41) is 15.6. The van der Waals surface area contributed by atoms with Crippen LogP contribution in [0.4, 0.5) is 5.69 Å². The standard InChI is InChI=1S/C21H26N2O2S.C4H4O4/c1-22(2)13-6-14-23-19-7-4-5-8-20(19)26-15-18(21(23)24)16-9-11-17(25-3)12-10-16;5-3(6)1-2-4(7)8/h4-5,7-12,18H,6,13-15H2,1-3H3;1-2H,(H,5,6)(H,7,8). The molecule has 182 valence electrons. The van der Waals surface area contributed by atoms with Crippen LogP contribution in [0.3, 0.4) is 0 Å². The lowest BCUT2D eigenvalue weighted by Gasteiger charge is -2.26. The van der Waals surface area contributed by atoms with Crippen molar-refractivity contribution in [1.82, 2.24) is 4.90 Å². The first kappa shape index (κ1) is 26.9. The lowest BCUT2D eigenvalue weighted by Crippen LogP contribution is -2.37. The number of ether oxygens (including phenoxy) is 1. The topological polar surface area (TPSA) is 107 Å². The van der Waals surface area contributed by atoms with Crippen LogP contribution >= 0.6 is 11.8 Å². The smallest absolute Gasteiger partial charge is 0.328 e. The third-order valence-corrected chi connectivity index (χ3v) is 6.16. The molecule has 9 heteroatoms. The van der Waals surface area contributed by atoms with Crippen molar-refractivity contribution in [3.8, 4) is 5.75 Å². The number of hydrogen-bond acceptors (Lipinski definition) is 6. The van der Waals surface area contributed by atoms with Crippen molar-refractivity contribution in [3.63, 3.8) is 0 Å². The average Bonchev–Trinajstić information content (AvgIpc) is 2.95. The summed E-state index contributed by atoms with van der Waals surface area (Å²) in [6.07, 6.45) is 2.07. The number of aliphatic carboxylic acids is 2. The first-order valence-electron chi connectivity index (χ1n) is 10.7. The molecule has 1 heterocycles. The second-order valence-electron chi connectivity index (χ2n) is 7.76. The van der Waals surface area contributed by atoms with Crippen LogP contribution < -0.4 is 9.64 Å². The van der Waals surface area contributed by atoms with E-state index in [1.54, 1.807) is 18.9 Å². The van der Waals surface area contributed by atoms with Gasteiger partial charge in [0.05, 0.1) is 18.7 Å². The summed E-state index contributed by atoms with van der Waals surface area (Å²) in [6.45, 7) is 1.70. The molecular weight excluding hydrogens is 456 g/mol. The normalized spacial score (nSPS) is 15.4. The quantitative estimate of drug-likeness (QED) is 0.545. The van der Waals surface area contributed by atoms with E-state index in [0.717, 1.165) is 42.3 Å². The maximum absolute atomic E-state index is 13.4. The van der Waals surface area contributed by atoms with E-state index in [-0.39, 0.29) is 11.8 Å². The van der Waals surface area contributed by atoms with Gasteiger partial charge in [-0.2, -0.15) is 0 Å². The van der Waals surface area contributed by atoms with Gasteiger partial charge in [0.1, 0.15) is 5.75 Å². The maximum Gasteiger partial charge on any atom is 0.328 e. The molecule has 0 spiro atoms. The number of carboxylic acid groups (broad SMARTS) is 2. The number of methoxy groups -OCH3 is 1. The van der Waals surface area contributed by atoms with Crippen LogP contribution in [0.1, 0.15) is 17.9 Å². The number of para-hydroxylation sites is 1. The number of nitrogens with zero attached hydrogens (tertiary/aromatic N) is 2. The van der Waals surface area contributed by atoms with Crippen LogP contribution in [0.5, 0.6) is 5.75 Å². The molecule has 0 aromatic heterocycles. The first-order valence-corrected chi connectivity index (χ1v) is 11.7. The van der Waals surface area contributed by atoms with Gasteiger partial charge in [-0.15, -0.1) is 11.8 Å². The van der Waals surface area contributed by atoms with E-state index < -0.39 is 11.9 Å². The molecule has 0 bridgehead atoms. The average molecular weight is 487 g/mol. The Kier molecular flexibility index (Phi) is 10.6. The predicted octanol–water partition coefficient (Wildman–Crippen LogP) is 3.58. The molecule has 0 saturated carbocycles. The largest absolute Gasteiger partial charge is 0.497 e. The van der Waals surface area contributed by atoms with Gasteiger partial charge in [-0.1, -0.05) is 24.3 Å². The van der Waals surface area contributed by atoms with Gasteiger partial charge >= 0.3 is 11.9 Å². The SMILES string of the molecule is COc1ccc(C2CSc3ccccc3N(CCCN(C)C)C2=O)cc1.O=C(O)C=CC(=O)O. The van der Waals surface area contributed by atoms with Gasteiger partial charge in [-0.3, -0.25) is 4.79 Å². The van der Waals surface area contributed by atoms with Crippen LogP contribution in [0.15, 0.2) is 65.6 Å². The molecule has 0 radical (unpaired) electrons. The number of thioether (sulfide) groups is 1. The molecule has 34 heavy (non-hydrogen) atoms. The lowest BCUT2D eigenvalue weighted by molar-refractivity contribution is -0.134. The number of rotatable bonds is 8. The van der Waals surface area contributed by atoms with Gasteiger partial charge in [0.25, 0.3) is 0 Å². The summed E-state index contributed by atoms with van der Waals surface area (Å²) in [5.41, 5.74) is 2.09. The Morgan fingerprint density at radius 3 is 2.26 bits per heavy atom. The highest BCUT2D eigenvalue weighted by molar-refractivity contribution is 7.99. The molecule has 3 rings (SSSR count). The number of hydrogen-bond donors (Lipinski definition) is 2. The highest BCUT2D eigenvalue weighted by Crippen LogP contribution is 2.39. The highest BCUT2D eigenvalue weighted by Gasteiger charge is 2.31. The van der Waals surface area contributed by atoms with Crippen molar-refractivity contribution in [3.05, 3.63) is 66.2 Å². The van der Waals surface area contributed by atoms with Gasteiger partial charge in [-0.05, 0) is 56.9 Å². The third-order valence-electron chi connectivity index (χ3n) is 5.00. The second kappa shape index (κ2) is 13.4. The van der Waals surface area contributed by atoms with Crippen LogP contribution in [-0.4, -0.2) is 73.0 Å². The van der Waals surface area contributed by atoms with Crippen LogP contribution in [-0.2, 0) is 14.4 Å². The fraction of sp³-hybridized carbons (Fsp3) is 0.320. The summed E-state index contributed by atoms with van der Waals surface area (Å²) < 4.78 is 5.25. The van der Waals surface area contributed by atoms with Crippen LogP contribution in [0.2, 0.25) is 0 Å². The maximum atomic E-state index is 13.4. The molecule has 1 atom stereocenters. The number of carbonyl (C=O) groups excluding carboxylic acids is 1. The number of carboxylic acids is 2. The van der Waals surface area contributed by atoms with E-state index >= 15 is 0 Å². The third kappa shape index (κ3) is 8.24. The molecule has 1 unspecified atom stereocenters. The Morgan fingerprint density at radius 2 is 1.71 bits per heavy atom. The summed E-state index contributed by atoms with van der Waals surface area (Å²) in [6, 6.07) is 16.1. The van der Waals surface area contributed by atoms with E-state index in [0.29, 0.717) is 12.2 Å². The molecule has 0 saturated heterocycles. The first-order chi connectivity index (χ1) is 16.2. The van der Waals surface area contributed by atoms with E-state index in [1.807, 2.05) is 41.3 Å². The minimum Gasteiger partial charge on any atom is -0.497 e. The van der Waals surface area contributed by atoms with Crippen LogP contribution in [0.25, 0.3) is 0 Å². The summed E-state index contributed by atoms with van der Waals surface area (Å²) in [5.74, 6) is -0.899. The van der Waals surface area contributed by atoms with Gasteiger partial charge in [0.2, 0.25) is 5.91 Å². The fourth-order valence-electron chi connectivity index (χ4n) is 3.35. The van der Waals surface area contributed by atoms with Gasteiger partial charge in [0.15, 0.2) is 0 Å². The van der Waals surface area contributed by atoms with E-state index in [1.165, 1.54) is 4.90 Å². The van der Waals surface area contributed by atoms with Gasteiger partial charge < -0.3 is 24.7 Å². The van der Waals surface area contributed by atoms with Gasteiger partial charge in [0, 0.05) is 29.3 Å². The minimum absolute atomic E-state index is 0.141. The Labute approximate surface area is 203 Å². The van der Waals surface area contributed by atoms with E-state index in [2.05, 4.69) is 31.1 Å². The van der Waals surface area contributed by atoms with Crippen molar-refractivity contribution < 1.29 is 29.3 Å². The molecule has 0 aliphatic carbocycles. The number of fused-ring (bicyclic) bond motifs is 1. The van der Waals surface area contributed by atoms with Crippen molar-refractivity contribution >= 4 is 35.3 Å². The number of anilines is 1. The predicted molar refractivity (Wildman–Crippen MR) is 133 cm³/mol. The van der Waals surface area contributed by atoms with Crippen LogP contribution in [0, 0.1) is 0 Å². The summed E-state index contributed by atoms with van der Waals surface area (Å²) in [7, 11) is 5.78. The van der Waals surface area contributed by atoms with Crippen molar-refractivity contribution in [2.45, 2.75) is 17.2 Å². The molecule has 2 N–H and O–H groups in total. The fourth-order valence-corrected chi connectivity index (χ4v) is 4.53. The van der Waals surface area contributed by atoms with Crippen molar-refractivity contribution in [2.75, 3.05) is 44.9 Å². The monoisotopic (exact) mass is 486 g/mol. The Bertz CT molecular complexity index is 991. The number of amides is 1.